The second-order valence-corrected chi connectivity index (χ2v) is 15.7. The fraction of sp³-hybridized carbons (Fsp3) is 0.0244. The molecular formula is C41H26N2Si. The highest BCUT2D eigenvalue weighted by Crippen LogP contribution is 2.42. The van der Waals surface area contributed by atoms with Gasteiger partial charge in [0.25, 0.3) is 0 Å². The van der Waals surface area contributed by atoms with Gasteiger partial charge in [-0.1, -0.05) is 146 Å². The van der Waals surface area contributed by atoms with Gasteiger partial charge in [0, 0.05) is 28.7 Å². The lowest BCUT2D eigenvalue weighted by molar-refractivity contribution is 1.13. The van der Waals surface area contributed by atoms with Crippen LogP contribution in [0.3, 0.4) is 0 Å². The van der Waals surface area contributed by atoms with Crippen molar-refractivity contribution in [3.8, 4) is 56.2 Å². The molecule has 204 valence electrons. The molecule has 0 saturated heterocycles. The molecule has 1 spiro atoms. The third-order valence-corrected chi connectivity index (χ3v) is 14.9. The monoisotopic (exact) mass is 574 g/mol. The van der Waals surface area contributed by atoms with Crippen molar-refractivity contribution in [3.63, 3.8) is 0 Å². The van der Waals surface area contributed by atoms with Gasteiger partial charge in [-0.05, 0) is 48.6 Å². The predicted molar refractivity (Wildman–Crippen MR) is 183 cm³/mol. The van der Waals surface area contributed by atoms with Gasteiger partial charge in [0.05, 0.1) is 11.4 Å². The lowest BCUT2D eigenvalue weighted by Gasteiger charge is -2.28. The zero-order valence-electron chi connectivity index (χ0n) is 24.0. The second-order valence-electron chi connectivity index (χ2n) is 12.1. The van der Waals surface area contributed by atoms with Crippen LogP contribution in [0.1, 0.15) is 11.1 Å². The summed E-state index contributed by atoms with van der Waals surface area (Å²) in [6, 6.07) is 53.6. The minimum atomic E-state index is -2.53. The average molecular weight is 575 g/mol. The lowest BCUT2D eigenvalue weighted by atomic mass is 10.0. The third-order valence-electron chi connectivity index (χ3n) is 9.95. The van der Waals surface area contributed by atoms with Crippen molar-refractivity contribution in [2.24, 2.45) is 0 Å². The van der Waals surface area contributed by atoms with Crippen LogP contribution in [0.25, 0.3) is 56.2 Å². The molecule has 3 heteroatoms. The maximum atomic E-state index is 5.35. The highest BCUT2D eigenvalue weighted by molar-refractivity contribution is 7.24. The summed E-state index contributed by atoms with van der Waals surface area (Å²) in [5.74, 6) is 0.793. The molecule has 1 aliphatic carbocycles. The van der Waals surface area contributed by atoms with E-state index in [1.807, 2.05) is 0 Å². The van der Waals surface area contributed by atoms with E-state index in [9.17, 15) is 0 Å². The number of rotatable bonds is 2. The summed E-state index contributed by atoms with van der Waals surface area (Å²) in [6.07, 6.45) is 0.860. The smallest absolute Gasteiger partial charge is 0.182 e. The van der Waals surface area contributed by atoms with Crippen LogP contribution >= 0.6 is 0 Å². The SMILES string of the molecule is c1ccc(-c2nc(-c3ccc4c(c3)[Si]3(c5ccccc5-c5ccccc53)c3ccccc3-4)nc3c2Cc2ccccc2-3)cc1. The first-order chi connectivity index (χ1) is 21.8. The van der Waals surface area contributed by atoms with E-state index in [0.717, 1.165) is 34.8 Å². The molecular weight excluding hydrogens is 549 g/mol. The van der Waals surface area contributed by atoms with Crippen molar-refractivity contribution in [1.82, 2.24) is 9.97 Å². The van der Waals surface area contributed by atoms with E-state index in [0.29, 0.717) is 0 Å². The largest absolute Gasteiger partial charge is 0.228 e. The van der Waals surface area contributed by atoms with Crippen LogP contribution in [-0.4, -0.2) is 18.0 Å². The maximum absolute atomic E-state index is 5.35. The predicted octanol–water partition coefficient (Wildman–Crippen LogP) is 6.72. The van der Waals surface area contributed by atoms with Gasteiger partial charge < -0.3 is 0 Å². The Morgan fingerprint density at radius 1 is 0.409 bits per heavy atom. The highest BCUT2D eigenvalue weighted by Gasteiger charge is 2.53. The van der Waals surface area contributed by atoms with Gasteiger partial charge in [0.2, 0.25) is 0 Å². The fourth-order valence-electron chi connectivity index (χ4n) is 8.17. The Kier molecular flexibility index (Phi) is 4.83. The zero-order valence-corrected chi connectivity index (χ0v) is 25.0. The molecule has 3 aliphatic rings. The van der Waals surface area contributed by atoms with Crippen LogP contribution in [0.2, 0.25) is 0 Å². The topological polar surface area (TPSA) is 25.8 Å². The van der Waals surface area contributed by atoms with Gasteiger partial charge in [-0.15, -0.1) is 0 Å². The van der Waals surface area contributed by atoms with E-state index >= 15 is 0 Å². The summed E-state index contributed by atoms with van der Waals surface area (Å²) in [4.78, 5) is 10.7. The molecule has 7 aromatic rings. The number of aromatic nitrogens is 2. The summed E-state index contributed by atoms with van der Waals surface area (Å²) in [6.45, 7) is 0. The Morgan fingerprint density at radius 3 is 1.59 bits per heavy atom. The molecule has 0 bridgehead atoms. The molecule has 10 rings (SSSR count). The minimum Gasteiger partial charge on any atom is -0.228 e. The van der Waals surface area contributed by atoms with Gasteiger partial charge in [-0.25, -0.2) is 9.97 Å². The van der Waals surface area contributed by atoms with Gasteiger partial charge in [0.15, 0.2) is 13.9 Å². The molecule has 0 atom stereocenters. The van der Waals surface area contributed by atoms with Crippen molar-refractivity contribution in [3.05, 3.63) is 157 Å². The van der Waals surface area contributed by atoms with Crippen LogP contribution in [0, 0.1) is 0 Å². The lowest BCUT2D eigenvalue weighted by Crippen LogP contribution is -2.70. The molecule has 3 heterocycles. The van der Waals surface area contributed by atoms with Gasteiger partial charge in [-0.2, -0.15) is 0 Å². The number of hydrogen-bond donors (Lipinski definition) is 0. The van der Waals surface area contributed by atoms with Crippen LogP contribution in [0.15, 0.2) is 146 Å². The van der Waals surface area contributed by atoms with Crippen molar-refractivity contribution in [1.29, 1.82) is 0 Å². The molecule has 1 aromatic heterocycles. The normalized spacial score (nSPS) is 14.0. The number of hydrogen-bond acceptors (Lipinski definition) is 2. The quantitative estimate of drug-likeness (QED) is 0.214. The van der Waals surface area contributed by atoms with E-state index in [1.54, 1.807) is 0 Å². The van der Waals surface area contributed by atoms with E-state index in [4.69, 9.17) is 9.97 Å². The Labute approximate surface area is 257 Å². The molecule has 6 aromatic carbocycles. The second kappa shape index (κ2) is 8.82. The molecule has 0 saturated carbocycles. The molecule has 0 radical (unpaired) electrons. The first-order valence-electron chi connectivity index (χ1n) is 15.3. The van der Waals surface area contributed by atoms with Crippen molar-refractivity contribution in [2.75, 3.05) is 0 Å². The van der Waals surface area contributed by atoms with Crippen molar-refractivity contribution in [2.45, 2.75) is 6.42 Å². The number of fused-ring (bicyclic) bond motifs is 13. The molecule has 2 aliphatic heterocycles. The Bertz CT molecular complexity index is 2260. The molecule has 2 nitrogen and oxygen atoms in total. The van der Waals surface area contributed by atoms with E-state index in [2.05, 4.69) is 146 Å². The molecule has 0 N–H and O–H groups in total. The summed E-state index contributed by atoms with van der Waals surface area (Å²) < 4.78 is 0. The summed E-state index contributed by atoms with van der Waals surface area (Å²) >= 11 is 0. The van der Waals surface area contributed by atoms with Crippen molar-refractivity contribution >= 4 is 28.8 Å². The van der Waals surface area contributed by atoms with Crippen LogP contribution in [0.5, 0.6) is 0 Å². The van der Waals surface area contributed by atoms with Gasteiger partial charge >= 0.3 is 0 Å². The van der Waals surface area contributed by atoms with Crippen LogP contribution in [0.4, 0.5) is 0 Å². The van der Waals surface area contributed by atoms with E-state index < -0.39 is 8.07 Å². The summed E-state index contributed by atoms with van der Waals surface area (Å²) in [7, 11) is -2.53. The molecule has 0 amide bonds. The summed E-state index contributed by atoms with van der Waals surface area (Å²) in [5, 5.41) is 5.90. The highest BCUT2D eigenvalue weighted by atomic mass is 28.3. The Hall–Kier alpha value is -5.38. The third kappa shape index (κ3) is 3.04. The van der Waals surface area contributed by atoms with Crippen molar-refractivity contribution < 1.29 is 0 Å². The standard InChI is InChI=1S/C41H26N2Si/c1-2-12-26(13-3-1)39-34-24-27-14-4-5-15-29(27)40(34)43-41(42-39)28-22-23-33-32-18-8-11-21-37(32)44(38(33)25-28)35-19-9-6-16-30(35)31-17-7-10-20-36(31)44/h1-23,25H,24H2. The maximum Gasteiger partial charge on any atom is 0.182 e. The Morgan fingerprint density at radius 2 is 0.932 bits per heavy atom. The van der Waals surface area contributed by atoms with Crippen LogP contribution < -0.4 is 20.7 Å². The first kappa shape index (κ1) is 24.1. The summed E-state index contributed by atoms with van der Waals surface area (Å²) in [5.41, 5.74) is 13.5. The van der Waals surface area contributed by atoms with Gasteiger partial charge in [-0.3, -0.25) is 0 Å². The minimum absolute atomic E-state index is 0.793. The van der Waals surface area contributed by atoms with E-state index in [-0.39, 0.29) is 0 Å². The fourth-order valence-corrected chi connectivity index (χ4v) is 13.8. The van der Waals surface area contributed by atoms with E-state index in [1.165, 1.54) is 59.7 Å². The zero-order chi connectivity index (χ0) is 28.8. The first-order valence-corrected chi connectivity index (χ1v) is 17.3. The molecule has 44 heavy (non-hydrogen) atoms. The average Bonchev–Trinajstić information content (AvgIpc) is 3.72. The van der Waals surface area contributed by atoms with Gasteiger partial charge in [0.1, 0.15) is 0 Å². The number of benzene rings is 6. The number of nitrogens with zero attached hydrogens (tertiary/aromatic N) is 2. The molecule has 0 unspecified atom stereocenters. The molecule has 0 fully saturated rings. The Balaban J connectivity index is 1.26. The van der Waals surface area contributed by atoms with Crippen LogP contribution in [-0.2, 0) is 6.42 Å².